The van der Waals surface area contributed by atoms with E-state index in [1.54, 1.807) is 6.07 Å². The molecule has 1 aliphatic rings. The SMILES string of the molecule is Oc1cccc(C2CCCCCNC2)c1. The number of benzene rings is 1. The Morgan fingerprint density at radius 2 is 2.13 bits per heavy atom. The number of hydrogen-bond acceptors (Lipinski definition) is 2. The summed E-state index contributed by atoms with van der Waals surface area (Å²) in [5, 5.41) is 12.9. The van der Waals surface area contributed by atoms with E-state index in [-0.39, 0.29) is 0 Å². The topological polar surface area (TPSA) is 32.3 Å². The highest BCUT2D eigenvalue weighted by molar-refractivity contribution is 5.29. The van der Waals surface area contributed by atoms with Gasteiger partial charge in [0.2, 0.25) is 0 Å². The molecule has 0 radical (unpaired) electrons. The zero-order valence-electron chi connectivity index (χ0n) is 9.08. The van der Waals surface area contributed by atoms with Crippen molar-refractivity contribution in [2.45, 2.75) is 31.6 Å². The van der Waals surface area contributed by atoms with Crippen LogP contribution in [0.2, 0.25) is 0 Å². The largest absolute Gasteiger partial charge is 0.508 e. The summed E-state index contributed by atoms with van der Waals surface area (Å²) in [6.07, 6.45) is 5.16. The maximum atomic E-state index is 9.45. The highest BCUT2D eigenvalue weighted by atomic mass is 16.3. The molecule has 2 rings (SSSR count). The normalized spacial score (nSPS) is 23.1. The fourth-order valence-corrected chi connectivity index (χ4v) is 2.26. The van der Waals surface area contributed by atoms with Crippen LogP contribution in [-0.4, -0.2) is 18.2 Å². The second-order valence-electron chi connectivity index (χ2n) is 4.35. The Balaban J connectivity index is 2.06. The number of hydrogen-bond donors (Lipinski definition) is 2. The Morgan fingerprint density at radius 3 is 3.00 bits per heavy atom. The number of aromatic hydroxyl groups is 1. The lowest BCUT2D eigenvalue weighted by Gasteiger charge is -2.21. The summed E-state index contributed by atoms with van der Waals surface area (Å²) in [4.78, 5) is 0. The van der Waals surface area contributed by atoms with Gasteiger partial charge in [-0.3, -0.25) is 0 Å². The summed E-state index contributed by atoms with van der Waals surface area (Å²) < 4.78 is 0. The third kappa shape index (κ3) is 2.96. The molecule has 1 aromatic carbocycles. The standard InChI is InChI=1S/C13H19NO/c15-13-7-4-6-11(9-13)12-5-2-1-3-8-14-10-12/h4,6-7,9,12,14-15H,1-3,5,8,10H2. The minimum atomic E-state index is 0.384. The number of phenols is 1. The first kappa shape index (κ1) is 10.5. The summed E-state index contributed by atoms with van der Waals surface area (Å²) in [7, 11) is 0. The van der Waals surface area contributed by atoms with E-state index < -0.39 is 0 Å². The summed E-state index contributed by atoms with van der Waals surface area (Å²) in [5.74, 6) is 0.951. The Hall–Kier alpha value is -1.02. The molecular weight excluding hydrogens is 186 g/mol. The van der Waals surface area contributed by atoms with Gasteiger partial charge in [-0.15, -0.1) is 0 Å². The van der Waals surface area contributed by atoms with Gasteiger partial charge >= 0.3 is 0 Å². The fourth-order valence-electron chi connectivity index (χ4n) is 2.26. The first-order valence-corrected chi connectivity index (χ1v) is 5.86. The van der Waals surface area contributed by atoms with Crippen molar-refractivity contribution in [2.75, 3.05) is 13.1 Å². The molecule has 15 heavy (non-hydrogen) atoms. The molecule has 0 aliphatic carbocycles. The van der Waals surface area contributed by atoms with Gasteiger partial charge < -0.3 is 10.4 Å². The van der Waals surface area contributed by atoms with Crippen LogP contribution in [0.1, 0.15) is 37.2 Å². The monoisotopic (exact) mass is 205 g/mol. The molecule has 2 nitrogen and oxygen atoms in total. The van der Waals surface area contributed by atoms with E-state index in [9.17, 15) is 5.11 Å². The van der Waals surface area contributed by atoms with Crippen LogP contribution in [0.5, 0.6) is 5.75 Å². The summed E-state index contributed by atoms with van der Waals surface area (Å²) >= 11 is 0. The lowest BCUT2D eigenvalue weighted by Crippen LogP contribution is -2.24. The lowest BCUT2D eigenvalue weighted by atomic mass is 9.92. The van der Waals surface area contributed by atoms with Gasteiger partial charge in [0.15, 0.2) is 0 Å². The van der Waals surface area contributed by atoms with Gasteiger partial charge in [-0.25, -0.2) is 0 Å². The second kappa shape index (κ2) is 5.17. The molecule has 1 aromatic rings. The molecule has 0 aromatic heterocycles. The Kier molecular flexibility index (Phi) is 3.62. The molecule has 1 heterocycles. The van der Waals surface area contributed by atoms with Crippen LogP contribution in [0.15, 0.2) is 24.3 Å². The van der Waals surface area contributed by atoms with Crippen LogP contribution >= 0.6 is 0 Å². The highest BCUT2D eigenvalue weighted by Gasteiger charge is 2.13. The van der Waals surface area contributed by atoms with Gasteiger partial charge in [0, 0.05) is 6.54 Å². The number of phenolic OH excluding ortho intramolecular Hbond substituents is 1. The summed E-state index contributed by atoms with van der Waals surface area (Å²) in [5.41, 5.74) is 1.27. The van der Waals surface area contributed by atoms with E-state index in [1.807, 2.05) is 12.1 Å². The highest BCUT2D eigenvalue weighted by Crippen LogP contribution is 2.25. The first-order chi connectivity index (χ1) is 7.36. The van der Waals surface area contributed by atoms with E-state index in [4.69, 9.17) is 0 Å². The quantitative estimate of drug-likeness (QED) is 0.738. The van der Waals surface area contributed by atoms with Gasteiger partial charge in [-0.1, -0.05) is 25.0 Å². The van der Waals surface area contributed by atoms with Gasteiger partial charge in [0.05, 0.1) is 0 Å². The van der Waals surface area contributed by atoms with Crippen LogP contribution in [0.25, 0.3) is 0 Å². The average molecular weight is 205 g/mol. The van der Waals surface area contributed by atoms with Crippen LogP contribution < -0.4 is 5.32 Å². The minimum absolute atomic E-state index is 0.384. The third-order valence-electron chi connectivity index (χ3n) is 3.14. The van der Waals surface area contributed by atoms with Crippen LogP contribution in [0, 0.1) is 0 Å². The van der Waals surface area contributed by atoms with E-state index >= 15 is 0 Å². The molecule has 1 fully saturated rings. The fraction of sp³-hybridized carbons (Fsp3) is 0.538. The van der Waals surface area contributed by atoms with Crippen molar-refractivity contribution in [2.24, 2.45) is 0 Å². The maximum absolute atomic E-state index is 9.45. The lowest BCUT2D eigenvalue weighted by molar-refractivity contribution is 0.459. The van der Waals surface area contributed by atoms with Crippen molar-refractivity contribution in [3.8, 4) is 5.75 Å². The maximum Gasteiger partial charge on any atom is 0.115 e. The molecule has 2 heteroatoms. The van der Waals surface area contributed by atoms with Crippen molar-refractivity contribution in [1.29, 1.82) is 0 Å². The predicted octanol–water partition coefficient (Wildman–Crippen LogP) is 2.64. The van der Waals surface area contributed by atoms with Crippen molar-refractivity contribution >= 4 is 0 Å². The molecule has 1 unspecified atom stereocenters. The molecule has 2 N–H and O–H groups in total. The Morgan fingerprint density at radius 1 is 1.20 bits per heavy atom. The second-order valence-corrected chi connectivity index (χ2v) is 4.35. The molecule has 1 atom stereocenters. The van der Waals surface area contributed by atoms with Crippen molar-refractivity contribution < 1.29 is 5.11 Å². The van der Waals surface area contributed by atoms with Crippen molar-refractivity contribution in [1.82, 2.24) is 5.32 Å². The van der Waals surface area contributed by atoms with Gasteiger partial charge in [0.1, 0.15) is 5.75 Å². The minimum Gasteiger partial charge on any atom is -0.508 e. The smallest absolute Gasteiger partial charge is 0.115 e. The van der Waals surface area contributed by atoms with Crippen LogP contribution in [-0.2, 0) is 0 Å². The van der Waals surface area contributed by atoms with E-state index in [0.29, 0.717) is 11.7 Å². The van der Waals surface area contributed by atoms with Gasteiger partial charge in [-0.2, -0.15) is 0 Å². The van der Waals surface area contributed by atoms with E-state index in [0.717, 1.165) is 13.1 Å². The molecule has 0 saturated carbocycles. The zero-order valence-corrected chi connectivity index (χ0v) is 9.08. The zero-order chi connectivity index (χ0) is 10.5. The average Bonchev–Trinajstić information content (AvgIpc) is 2.16. The van der Waals surface area contributed by atoms with Gasteiger partial charge in [-0.05, 0) is 43.0 Å². The summed E-state index contributed by atoms with van der Waals surface area (Å²) in [6, 6.07) is 7.69. The predicted molar refractivity (Wildman–Crippen MR) is 62.2 cm³/mol. The number of rotatable bonds is 1. The molecule has 0 amide bonds. The van der Waals surface area contributed by atoms with Crippen molar-refractivity contribution in [3.63, 3.8) is 0 Å². The van der Waals surface area contributed by atoms with E-state index in [1.165, 1.54) is 31.2 Å². The molecule has 1 saturated heterocycles. The van der Waals surface area contributed by atoms with E-state index in [2.05, 4.69) is 11.4 Å². The Bertz CT molecular complexity index is 303. The first-order valence-electron chi connectivity index (χ1n) is 5.86. The third-order valence-corrected chi connectivity index (χ3v) is 3.14. The number of nitrogens with one attached hydrogen (secondary N) is 1. The molecule has 0 spiro atoms. The van der Waals surface area contributed by atoms with Crippen molar-refractivity contribution in [3.05, 3.63) is 29.8 Å². The molecule has 0 bridgehead atoms. The molecule has 1 aliphatic heterocycles. The van der Waals surface area contributed by atoms with Crippen LogP contribution in [0.3, 0.4) is 0 Å². The van der Waals surface area contributed by atoms with Gasteiger partial charge in [0.25, 0.3) is 0 Å². The summed E-state index contributed by atoms with van der Waals surface area (Å²) in [6.45, 7) is 2.18. The molecular formula is C13H19NO. The molecule has 82 valence electrons. The Labute approximate surface area is 91.3 Å². The van der Waals surface area contributed by atoms with Crippen LogP contribution in [0.4, 0.5) is 0 Å².